The van der Waals surface area contributed by atoms with E-state index in [-0.39, 0.29) is 36.7 Å². The van der Waals surface area contributed by atoms with Crippen molar-refractivity contribution in [3.63, 3.8) is 0 Å². The zero-order valence-electron chi connectivity index (χ0n) is 31.1. The fourth-order valence-corrected chi connectivity index (χ4v) is 6.61. The molecule has 0 saturated carbocycles. The molecular formula is C42H49Cl3FN3O5. The third kappa shape index (κ3) is 11.8. The van der Waals surface area contributed by atoms with Gasteiger partial charge >= 0.3 is 0 Å². The standard InChI is InChI=1S/C42H48Cl2FN3O5.ClH/c1-42(2,3)27-48-35-20-19-31(44)24-33(35)39(53-37(41(48)50)25-38(49)47-26-29-11-5-6-13-34(29)45)32-12-7-14-36(40(32)51-4)52-23-9-22-46-21-8-10-28-15-17-30(43)18-16-28;/h5-7,11-20,24,37,39,46H,8-10,21-23,25-27H2,1-4H3,(H,47,49);1H/t37-,39-;/m0./s1. The summed E-state index contributed by atoms with van der Waals surface area (Å²) in [5, 5.41) is 7.44. The summed E-state index contributed by atoms with van der Waals surface area (Å²) in [5.41, 5.74) is 3.22. The van der Waals surface area contributed by atoms with Gasteiger partial charge in [-0.2, -0.15) is 0 Å². The van der Waals surface area contributed by atoms with Crippen molar-refractivity contribution < 1.29 is 28.2 Å². The smallest absolute Gasteiger partial charge is 0.256 e. The Morgan fingerprint density at radius 3 is 2.37 bits per heavy atom. The minimum absolute atomic E-state index is 0. The molecule has 5 rings (SSSR count). The second-order valence-corrected chi connectivity index (χ2v) is 15.2. The number of amides is 2. The van der Waals surface area contributed by atoms with Crippen LogP contribution in [-0.2, 0) is 27.3 Å². The maximum atomic E-state index is 14.3. The number of halogens is 4. The van der Waals surface area contributed by atoms with Crippen LogP contribution in [0.25, 0.3) is 0 Å². The number of hydrogen-bond donors (Lipinski definition) is 2. The fourth-order valence-electron chi connectivity index (χ4n) is 6.30. The highest BCUT2D eigenvalue weighted by atomic mass is 35.5. The maximum absolute atomic E-state index is 14.3. The maximum Gasteiger partial charge on any atom is 0.256 e. The number of nitrogens with zero attached hydrogens (tertiary/aromatic N) is 1. The molecule has 4 aromatic rings. The van der Waals surface area contributed by atoms with E-state index in [9.17, 15) is 14.0 Å². The molecule has 0 saturated heterocycles. The Morgan fingerprint density at radius 2 is 1.65 bits per heavy atom. The van der Waals surface area contributed by atoms with Crippen molar-refractivity contribution in [1.29, 1.82) is 0 Å². The van der Waals surface area contributed by atoms with Crippen LogP contribution in [0.2, 0.25) is 10.0 Å². The van der Waals surface area contributed by atoms with Gasteiger partial charge in [-0.3, -0.25) is 9.59 Å². The van der Waals surface area contributed by atoms with E-state index >= 15 is 0 Å². The van der Waals surface area contributed by atoms with E-state index < -0.39 is 23.9 Å². The number of aryl methyl sites for hydroxylation is 1. The van der Waals surface area contributed by atoms with Crippen molar-refractivity contribution in [3.8, 4) is 11.5 Å². The number of methoxy groups -OCH3 is 1. The van der Waals surface area contributed by atoms with Crippen molar-refractivity contribution in [1.82, 2.24) is 10.6 Å². The second kappa shape index (κ2) is 20.2. The number of benzene rings is 4. The second-order valence-electron chi connectivity index (χ2n) is 14.3. The number of nitrogens with one attached hydrogen (secondary N) is 2. The number of anilines is 1. The number of hydrogen-bond acceptors (Lipinski definition) is 6. The molecule has 4 aromatic carbocycles. The zero-order valence-corrected chi connectivity index (χ0v) is 33.5. The van der Waals surface area contributed by atoms with E-state index in [1.165, 1.54) is 11.6 Å². The Bertz CT molecular complexity index is 1850. The number of ether oxygens (including phenoxy) is 3. The van der Waals surface area contributed by atoms with Gasteiger partial charge < -0.3 is 29.7 Å². The van der Waals surface area contributed by atoms with Crippen molar-refractivity contribution in [2.24, 2.45) is 5.41 Å². The highest BCUT2D eigenvalue weighted by molar-refractivity contribution is 6.31. The van der Waals surface area contributed by atoms with Gasteiger partial charge in [-0.15, -0.1) is 12.4 Å². The number of rotatable bonds is 16. The highest BCUT2D eigenvalue weighted by Gasteiger charge is 2.40. The topological polar surface area (TPSA) is 89.1 Å². The van der Waals surface area contributed by atoms with Crippen LogP contribution in [0.3, 0.4) is 0 Å². The van der Waals surface area contributed by atoms with E-state index in [2.05, 4.69) is 22.8 Å². The summed E-state index contributed by atoms with van der Waals surface area (Å²) in [6, 6.07) is 25.1. The first-order chi connectivity index (χ1) is 25.4. The molecule has 0 aliphatic carbocycles. The van der Waals surface area contributed by atoms with Crippen molar-refractivity contribution in [3.05, 3.63) is 123 Å². The molecule has 1 aliphatic rings. The van der Waals surface area contributed by atoms with E-state index in [0.29, 0.717) is 52.1 Å². The number of carbonyl (C=O) groups excluding carboxylic acids is 2. The number of para-hydroxylation sites is 1. The van der Waals surface area contributed by atoms with Gasteiger partial charge in [-0.25, -0.2) is 4.39 Å². The third-order valence-corrected chi connectivity index (χ3v) is 9.31. The van der Waals surface area contributed by atoms with Crippen molar-refractivity contribution in [2.75, 3.05) is 38.3 Å². The molecule has 8 nitrogen and oxygen atoms in total. The molecule has 2 atom stereocenters. The van der Waals surface area contributed by atoms with Crippen LogP contribution in [-0.4, -0.2) is 51.3 Å². The lowest BCUT2D eigenvalue weighted by Gasteiger charge is -2.31. The van der Waals surface area contributed by atoms with Crippen LogP contribution in [0.1, 0.15) is 68.4 Å². The van der Waals surface area contributed by atoms with Gasteiger partial charge in [-0.1, -0.05) is 86.4 Å². The quantitative estimate of drug-likeness (QED) is 0.110. The first-order valence-corrected chi connectivity index (χ1v) is 18.7. The largest absolute Gasteiger partial charge is 0.492 e. The van der Waals surface area contributed by atoms with Crippen LogP contribution < -0.4 is 25.0 Å². The van der Waals surface area contributed by atoms with Gasteiger partial charge in [0.2, 0.25) is 5.91 Å². The zero-order chi connectivity index (χ0) is 38.0. The predicted molar refractivity (Wildman–Crippen MR) is 216 cm³/mol. The van der Waals surface area contributed by atoms with E-state index in [0.717, 1.165) is 37.4 Å². The number of fused-ring (bicyclic) bond motifs is 1. The van der Waals surface area contributed by atoms with E-state index in [1.54, 1.807) is 42.3 Å². The molecule has 1 heterocycles. The van der Waals surface area contributed by atoms with Crippen LogP contribution >= 0.6 is 35.6 Å². The molecule has 0 unspecified atom stereocenters. The van der Waals surface area contributed by atoms with Crippen molar-refractivity contribution >= 4 is 53.1 Å². The summed E-state index contributed by atoms with van der Waals surface area (Å²) in [6.45, 7) is 8.56. The molecule has 2 N–H and O–H groups in total. The lowest BCUT2D eigenvalue weighted by Crippen LogP contribution is -2.45. The molecule has 0 bridgehead atoms. The molecular weight excluding hydrogens is 752 g/mol. The lowest BCUT2D eigenvalue weighted by molar-refractivity contribution is -0.138. The predicted octanol–water partition coefficient (Wildman–Crippen LogP) is 9.13. The van der Waals surface area contributed by atoms with Crippen LogP contribution in [0.5, 0.6) is 11.5 Å². The van der Waals surface area contributed by atoms with E-state index in [1.807, 2.05) is 57.2 Å². The first kappa shape index (κ1) is 42.9. The van der Waals surface area contributed by atoms with Crippen LogP contribution in [0.4, 0.5) is 10.1 Å². The Morgan fingerprint density at radius 1 is 0.926 bits per heavy atom. The van der Waals surface area contributed by atoms with Gasteiger partial charge in [0.15, 0.2) is 11.5 Å². The van der Waals surface area contributed by atoms with Gasteiger partial charge in [0.25, 0.3) is 5.91 Å². The van der Waals surface area contributed by atoms with Gasteiger partial charge in [0.05, 0.1) is 20.1 Å². The first-order valence-electron chi connectivity index (χ1n) is 17.9. The van der Waals surface area contributed by atoms with Gasteiger partial charge in [-0.05, 0) is 85.8 Å². The normalized spacial score (nSPS) is 15.5. The minimum atomic E-state index is -1.17. The van der Waals surface area contributed by atoms with Crippen LogP contribution in [0.15, 0.2) is 84.9 Å². The molecule has 290 valence electrons. The highest BCUT2D eigenvalue weighted by Crippen LogP contribution is 2.45. The van der Waals surface area contributed by atoms with Crippen LogP contribution in [0, 0.1) is 11.2 Å². The molecule has 2 amide bonds. The Hall–Kier alpha value is -3.86. The van der Waals surface area contributed by atoms with Crippen molar-refractivity contribution in [2.45, 2.75) is 65.2 Å². The Balaban J connectivity index is 0.00000650. The SMILES string of the molecule is COc1c(OCCCNCCCc2ccc(Cl)cc2)cccc1[C@@H]1O[C@@H](CC(=O)NCc2ccccc2F)C(=O)N(CC(C)(C)C)c2ccc(Cl)cc21.Cl. The summed E-state index contributed by atoms with van der Waals surface area (Å²) in [5.74, 6) is -0.249. The van der Waals surface area contributed by atoms with E-state index in [4.69, 9.17) is 37.4 Å². The summed E-state index contributed by atoms with van der Waals surface area (Å²) in [4.78, 5) is 29.4. The van der Waals surface area contributed by atoms with Gasteiger partial charge in [0.1, 0.15) is 18.0 Å². The lowest BCUT2D eigenvalue weighted by atomic mass is 9.94. The average molecular weight is 801 g/mol. The third-order valence-electron chi connectivity index (χ3n) is 8.83. The fraction of sp³-hybridized carbons (Fsp3) is 0.381. The molecule has 12 heteroatoms. The average Bonchev–Trinajstić information content (AvgIpc) is 3.22. The molecule has 0 aromatic heterocycles. The summed E-state index contributed by atoms with van der Waals surface area (Å²) in [6.07, 6.45) is 0.456. The molecule has 0 spiro atoms. The van der Waals surface area contributed by atoms with Gasteiger partial charge in [0, 0.05) is 45.5 Å². The summed E-state index contributed by atoms with van der Waals surface area (Å²) >= 11 is 12.6. The molecule has 1 aliphatic heterocycles. The summed E-state index contributed by atoms with van der Waals surface area (Å²) in [7, 11) is 1.56. The monoisotopic (exact) mass is 799 g/mol. The minimum Gasteiger partial charge on any atom is -0.492 e. The summed E-state index contributed by atoms with van der Waals surface area (Å²) < 4.78 is 33.2. The Kier molecular flexibility index (Phi) is 16.0. The molecule has 54 heavy (non-hydrogen) atoms. The number of carbonyl (C=O) groups is 2. The molecule has 0 radical (unpaired) electrons. The Labute approximate surface area is 334 Å². The molecule has 0 fully saturated rings.